The number of hydrogen-bond acceptors (Lipinski definition) is 3. The van der Waals surface area contributed by atoms with Gasteiger partial charge in [0.1, 0.15) is 0 Å². The fourth-order valence-corrected chi connectivity index (χ4v) is 0.714. The van der Waals surface area contributed by atoms with E-state index in [-0.39, 0.29) is 0 Å². The number of hydrogen-bond donors (Lipinski definition) is 3. The third-order valence-corrected chi connectivity index (χ3v) is 1.26. The Labute approximate surface area is 70.5 Å². The fraction of sp³-hybridized carbons (Fsp3) is 0.111. The minimum atomic E-state index is -1.58. The number of rotatable bonds is 0. The summed E-state index contributed by atoms with van der Waals surface area (Å²) < 4.78 is 0. The Balaban J connectivity index is 2.79. The molecule has 0 aliphatic carbocycles. The predicted molar refractivity (Wildman–Crippen MR) is 46.0 cm³/mol. The molecule has 0 unspecified atom stereocenters. The summed E-state index contributed by atoms with van der Waals surface area (Å²) in [4.78, 5) is 0. The van der Waals surface area contributed by atoms with Gasteiger partial charge in [-0.05, 0) is 30.2 Å². The molecule has 0 spiro atoms. The van der Waals surface area contributed by atoms with E-state index >= 15 is 0 Å². The van der Waals surface area contributed by atoms with Gasteiger partial charge in [0.05, 0.1) is 0 Å². The molecule has 0 aromatic heterocycles. The number of benzene rings is 1. The summed E-state index contributed by atoms with van der Waals surface area (Å²) in [5.41, 5.74) is 6.80. The van der Waals surface area contributed by atoms with Crippen LogP contribution in [0.2, 0.25) is 0 Å². The Kier molecular flexibility index (Phi) is 2.70. The summed E-state index contributed by atoms with van der Waals surface area (Å²) >= 11 is 0. The molecule has 4 N–H and O–H groups in total. The van der Waals surface area contributed by atoms with Gasteiger partial charge in [0, 0.05) is 11.3 Å². The lowest BCUT2D eigenvalue weighted by Crippen LogP contribution is -1.98. The second-order valence-electron chi connectivity index (χ2n) is 2.27. The monoisotopic (exact) mass is 163 g/mol. The minimum Gasteiger partial charge on any atom is -0.399 e. The molecule has 0 fully saturated rings. The molecule has 62 valence electrons. The van der Waals surface area contributed by atoms with Gasteiger partial charge in [-0.1, -0.05) is 5.92 Å². The molecule has 0 amide bonds. The molecular formula is C9H9NO2. The minimum absolute atomic E-state index is 0.657. The van der Waals surface area contributed by atoms with Gasteiger partial charge in [0.25, 0.3) is 0 Å². The fourth-order valence-electron chi connectivity index (χ4n) is 0.714. The summed E-state index contributed by atoms with van der Waals surface area (Å²) in [6.07, 6.45) is -1.58. The maximum absolute atomic E-state index is 8.43. The second kappa shape index (κ2) is 3.77. The highest BCUT2D eigenvalue weighted by Gasteiger charge is 1.88. The number of aliphatic hydroxyl groups excluding tert-OH is 1. The van der Waals surface area contributed by atoms with Gasteiger partial charge in [-0.15, -0.1) is 0 Å². The van der Waals surface area contributed by atoms with Crippen LogP contribution in [0.4, 0.5) is 5.69 Å². The first-order valence-electron chi connectivity index (χ1n) is 3.42. The number of aliphatic hydroxyl groups is 2. The third-order valence-electron chi connectivity index (χ3n) is 1.26. The average Bonchev–Trinajstić information content (AvgIpc) is 2.03. The van der Waals surface area contributed by atoms with Gasteiger partial charge in [-0.2, -0.15) is 0 Å². The molecule has 1 aromatic carbocycles. The Hall–Kier alpha value is -1.50. The van der Waals surface area contributed by atoms with Crippen LogP contribution < -0.4 is 5.73 Å². The standard InChI is InChI=1S/C9H9NO2/c10-8-4-1-7(2-5-8)3-6-9(11)12/h1-2,4-5,9,11-12H,10H2. The molecule has 3 nitrogen and oxygen atoms in total. The zero-order chi connectivity index (χ0) is 8.97. The van der Waals surface area contributed by atoms with E-state index in [2.05, 4.69) is 11.8 Å². The van der Waals surface area contributed by atoms with Crippen molar-refractivity contribution >= 4 is 5.69 Å². The quantitative estimate of drug-likeness (QED) is 0.285. The zero-order valence-corrected chi connectivity index (χ0v) is 6.36. The van der Waals surface area contributed by atoms with Gasteiger partial charge in [0.15, 0.2) is 0 Å². The van der Waals surface area contributed by atoms with Crippen LogP contribution in [0, 0.1) is 11.8 Å². The lowest BCUT2D eigenvalue weighted by atomic mass is 10.2. The van der Waals surface area contributed by atoms with E-state index in [4.69, 9.17) is 15.9 Å². The third kappa shape index (κ3) is 2.62. The average molecular weight is 163 g/mol. The van der Waals surface area contributed by atoms with Crippen molar-refractivity contribution in [3.05, 3.63) is 29.8 Å². The van der Waals surface area contributed by atoms with Gasteiger partial charge < -0.3 is 15.9 Å². The van der Waals surface area contributed by atoms with Crippen LogP contribution in [0.3, 0.4) is 0 Å². The lowest BCUT2D eigenvalue weighted by molar-refractivity contribution is 0.0108. The van der Waals surface area contributed by atoms with Crippen molar-refractivity contribution in [3.8, 4) is 11.8 Å². The molecule has 0 saturated heterocycles. The van der Waals surface area contributed by atoms with Gasteiger partial charge in [0.2, 0.25) is 6.29 Å². The van der Waals surface area contributed by atoms with Crippen LogP contribution in [0.15, 0.2) is 24.3 Å². The maximum Gasteiger partial charge on any atom is 0.217 e. The Bertz CT molecular complexity index is 306. The lowest BCUT2D eigenvalue weighted by Gasteiger charge is -1.92. The van der Waals surface area contributed by atoms with Crippen LogP contribution in [-0.4, -0.2) is 16.5 Å². The van der Waals surface area contributed by atoms with Crippen LogP contribution in [0.25, 0.3) is 0 Å². The van der Waals surface area contributed by atoms with Crippen molar-refractivity contribution < 1.29 is 10.2 Å². The van der Waals surface area contributed by atoms with E-state index in [0.717, 1.165) is 0 Å². The molecule has 1 rings (SSSR count). The Morgan fingerprint density at radius 3 is 2.25 bits per heavy atom. The van der Waals surface area contributed by atoms with E-state index in [0.29, 0.717) is 11.3 Å². The van der Waals surface area contributed by atoms with Crippen molar-refractivity contribution in [2.24, 2.45) is 0 Å². The highest BCUT2D eigenvalue weighted by Crippen LogP contribution is 2.03. The molecule has 12 heavy (non-hydrogen) atoms. The number of nitrogens with two attached hydrogens (primary N) is 1. The number of anilines is 1. The highest BCUT2D eigenvalue weighted by molar-refractivity contribution is 5.44. The molecule has 3 heteroatoms. The molecular weight excluding hydrogens is 154 g/mol. The summed E-state index contributed by atoms with van der Waals surface area (Å²) in [7, 11) is 0. The topological polar surface area (TPSA) is 66.5 Å². The molecule has 1 aromatic rings. The van der Waals surface area contributed by atoms with E-state index in [1.54, 1.807) is 24.3 Å². The van der Waals surface area contributed by atoms with E-state index < -0.39 is 6.29 Å². The Morgan fingerprint density at radius 1 is 1.17 bits per heavy atom. The maximum atomic E-state index is 8.43. The van der Waals surface area contributed by atoms with E-state index in [1.807, 2.05) is 0 Å². The van der Waals surface area contributed by atoms with Gasteiger partial charge in [-0.25, -0.2) is 0 Å². The van der Waals surface area contributed by atoms with E-state index in [1.165, 1.54) is 0 Å². The molecule has 0 radical (unpaired) electrons. The summed E-state index contributed by atoms with van der Waals surface area (Å²) in [5.74, 6) is 4.77. The molecule has 0 heterocycles. The molecule has 0 aliphatic rings. The molecule has 0 atom stereocenters. The van der Waals surface area contributed by atoms with Crippen molar-refractivity contribution in [1.29, 1.82) is 0 Å². The van der Waals surface area contributed by atoms with E-state index in [9.17, 15) is 0 Å². The molecule has 0 saturated carbocycles. The summed E-state index contributed by atoms with van der Waals surface area (Å²) in [6, 6.07) is 6.83. The van der Waals surface area contributed by atoms with Gasteiger partial charge in [-0.3, -0.25) is 0 Å². The molecule has 0 bridgehead atoms. The first-order chi connectivity index (χ1) is 5.68. The SMILES string of the molecule is Nc1ccc(C#CC(O)O)cc1. The highest BCUT2D eigenvalue weighted by atomic mass is 16.5. The molecule has 0 aliphatic heterocycles. The summed E-state index contributed by atoms with van der Waals surface area (Å²) in [5, 5.41) is 16.9. The van der Waals surface area contributed by atoms with Crippen molar-refractivity contribution in [1.82, 2.24) is 0 Å². The first kappa shape index (κ1) is 8.60. The smallest absolute Gasteiger partial charge is 0.217 e. The summed E-state index contributed by atoms with van der Waals surface area (Å²) in [6.45, 7) is 0. The second-order valence-corrected chi connectivity index (χ2v) is 2.27. The van der Waals surface area contributed by atoms with Crippen molar-refractivity contribution in [2.75, 3.05) is 5.73 Å². The number of nitrogen functional groups attached to an aromatic ring is 1. The van der Waals surface area contributed by atoms with Crippen LogP contribution in [0.1, 0.15) is 5.56 Å². The predicted octanol–water partition coefficient (Wildman–Crippen LogP) is -0.0690. The normalized spacial score (nSPS) is 9.25. The van der Waals surface area contributed by atoms with Crippen molar-refractivity contribution in [3.63, 3.8) is 0 Å². The Morgan fingerprint density at radius 2 is 1.75 bits per heavy atom. The van der Waals surface area contributed by atoms with Crippen LogP contribution in [0.5, 0.6) is 0 Å². The van der Waals surface area contributed by atoms with Crippen LogP contribution >= 0.6 is 0 Å². The van der Waals surface area contributed by atoms with Gasteiger partial charge >= 0.3 is 0 Å². The first-order valence-corrected chi connectivity index (χ1v) is 3.42. The largest absolute Gasteiger partial charge is 0.399 e. The van der Waals surface area contributed by atoms with Crippen molar-refractivity contribution in [2.45, 2.75) is 6.29 Å². The van der Waals surface area contributed by atoms with Crippen LogP contribution in [-0.2, 0) is 0 Å². The zero-order valence-electron chi connectivity index (χ0n) is 6.36.